The predicted molar refractivity (Wildman–Crippen MR) is 148 cm³/mol. The third-order valence-corrected chi connectivity index (χ3v) is 7.76. The monoisotopic (exact) mass is 571 g/mol. The molecule has 6 rings (SSSR count). The van der Waals surface area contributed by atoms with Crippen LogP contribution in [0.15, 0.2) is 60.7 Å². The van der Waals surface area contributed by atoms with Crippen LogP contribution in [0.2, 0.25) is 0 Å². The number of hydrogen-bond acceptors (Lipinski definition) is 9. The van der Waals surface area contributed by atoms with Gasteiger partial charge in [0.05, 0.1) is 11.1 Å². The first-order valence-electron chi connectivity index (χ1n) is 13.1. The Hall–Kier alpha value is -4.60. The average Bonchev–Trinajstić information content (AvgIpc) is 2.97. The minimum atomic E-state index is -1.19. The van der Waals surface area contributed by atoms with Crippen molar-refractivity contribution in [3.8, 4) is 0 Å². The van der Waals surface area contributed by atoms with Crippen LogP contribution in [0.5, 0.6) is 0 Å². The zero-order valence-corrected chi connectivity index (χ0v) is 22.3. The number of nitrogens with zero attached hydrogens (tertiary/aromatic N) is 3. The first kappa shape index (κ1) is 27.6. The molecule has 0 radical (unpaired) electrons. The van der Waals surface area contributed by atoms with E-state index in [1.54, 1.807) is 48.3 Å². The first-order chi connectivity index (χ1) is 20.1. The van der Waals surface area contributed by atoms with E-state index in [1.165, 1.54) is 24.3 Å². The van der Waals surface area contributed by atoms with Gasteiger partial charge in [0, 0.05) is 72.3 Å². The topological polar surface area (TPSA) is 173 Å². The van der Waals surface area contributed by atoms with E-state index >= 15 is 0 Å². The summed E-state index contributed by atoms with van der Waals surface area (Å²) in [6, 6.07) is 15.2. The second kappa shape index (κ2) is 10.3. The molecule has 4 amide bonds. The third kappa shape index (κ3) is 4.42. The van der Waals surface area contributed by atoms with Crippen LogP contribution in [0.25, 0.3) is 21.5 Å². The van der Waals surface area contributed by atoms with Crippen LogP contribution in [-0.2, 0) is 0 Å². The number of likely N-dealkylation sites (N-methyl/N-ethyl adjacent to an activating group) is 1. The van der Waals surface area contributed by atoms with E-state index in [4.69, 9.17) is 0 Å². The fourth-order valence-electron chi connectivity index (χ4n) is 5.62. The van der Waals surface area contributed by atoms with Crippen molar-refractivity contribution in [2.75, 3.05) is 33.2 Å². The number of benzene rings is 4. The van der Waals surface area contributed by atoms with Gasteiger partial charge in [-0.25, -0.2) is 10.4 Å². The number of amides is 4. The molecule has 0 saturated carbocycles. The molecule has 2 heterocycles. The maximum Gasteiger partial charge on any atom is 0.261 e. The van der Waals surface area contributed by atoms with Gasteiger partial charge in [0.2, 0.25) is 0 Å². The van der Waals surface area contributed by atoms with E-state index in [0.717, 1.165) is 9.80 Å². The van der Waals surface area contributed by atoms with Crippen molar-refractivity contribution in [2.24, 2.45) is 0 Å². The summed E-state index contributed by atoms with van der Waals surface area (Å²) in [5, 5.41) is 41.7. The Bertz CT molecular complexity index is 1690. The number of nitrogens with one attached hydrogen (secondary N) is 2. The molecular formula is C29H25N5O8. The molecule has 0 bridgehead atoms. The van der Waals surface area contributed by atoms with Gasteiger partial charge in [-0.3, -0.25) is 29.0 Å². The maximum absolute atomic E-state index is 13.3. The highest BCUT2D eigenvalue weighted by molar-refractivity contribution is 6.26. The van der Waals surface area contributed by atoms with Crippen LogP contribution < -0.4 is 10.5 Å². The van der Waals surface area contributed by atoms with Crippen molar-refractivity contribution >= 4 is 56.5 Å². The van der Waals surface area contributed by atoms with E-state index < -0.39 is 34.1 Å². The van der Waals surface area contributed by atoms with E-state index in [0.29, 0.717) is 32.7 Å². The standard InChI is InChI=1S/C29H25N5O8/c1-30(8-10-31-26(35)20-6-2-4-16-12-18(33(39)40)14-22(24(16)20)28(31)37)9-11-32-27(36)21-7-3-5-17-13-19(34(41)42)15-23(25(17)21)29(32)38/h2-7,12-15,33-34,39,41H,8-11H2,1H3. The van der Waals surface area contributed by atoms with Gasteiger partial charge in [-0.05, 0) is 30.0 Å². The normalized spacial score (nSPS) is 16.2. The van der Waals surface area contributed by atoms with Crippen molar-refractivity contribution in [3.63, 3.8) is 0 Å². The lowest BCUT2D eigenvalue weighted by molar-refractivity contribution is -0.991. The van der Waals surface area contributed by atoms with Gasteiger partial charge in [0.15, 0.2) is 11.4 Å². The number of carbonyl (C=O) groups is 4. The quantitative estimate of drug-likeness (QED) is 0.175. The Kier molecular flexibility index (Phi) is 6.79. The molecule has 0 aliphatic carbocycles. The third-order valence-electron chi connectivity index (χ3n) is 7.76. The van der Waals surface area contributed by atoms with Gasteiger partial charge in [0.1, 0.15) is 0 Å². The predicted octanol–water partition coefficient (Wildman–Crippen LogP) is 0.624. The Balaban J connectivity index is 1.17. The summed E-state index contributed by atoms with van der Waals surface area (Å²) in [5.41, 5.74) is 0.775. The SMILES string of the molecule is CN(CCN1C(=O)c2cccc3cc([NH+]([O-])O)cc(c23)C1=O)CCN1C(=O)c2cccc3cc([NH+]([O-])O)cc(c23)C1=O. The lowest BCUT2D eigenvalue weighted by Gasteiger charge is -2.31. The van der Waals surface area contributed by atoms with Crippen LogP contribution in [-0.4, -0.2) is 82.0 Å². The summed E-state index contributed by atoms with van der Waals surface area (Å²) in [4.78, 5) is 57.1. The average molecular weight is 572 g/mol. The zero-order valence-electron chi connectivity index (χ0n) is 22.3. The van der Waals surface area contributed by atoms with E-state index in [2.05, 4.69) is 0 Å². The summed E-state index contributed by atoms with van der Waals surface area (Å²) < 4.78 is 0. The number of imide groups is 2. The molecule has 2 aliphatic rings. The van der Waals surface area contributed by atoms with Crippen molar-refractivity contribution in [2.45, 2.75) is 0 Å². The fourth-order valence-corrected chi connectivity index (χ4v) is 5.62. The molecule has 4 aromatic carbocycles. The fraction of sp³-hybridized carbons (Fsp3) is 0.172. The molecule has 13 heteroatoms. The van der Waals surface area contributed by atoms with Gasteiger partial charge in [-0.15, -0.1) is 0 Å². The molecule has 42 heavy (non-hydrogen) atoms. The molecule has 4 aromatic rings. The molecular weight excluding hydrogens is 546 g/mol. The van der Waals surface area contributed by atoms with Gasteiger partial charge >= 0.3 is 0 Å². The number of hydrogen-bond donors (Lipinski definition) is 4. The highest BCUT2D eigenvalue weighted by Gasteiger charge is 2.35. The Morgan fingerprint density at radius 2 is 1.02 bits per heavy atom. The van der Waals surface area contributed by atoms with Crippen LogP contribution in [0, 0.1) is 10.4 Å². The Labute approximate surface area is 238 Å². The number of rotatable bonds is 8. The Morgan fingerprint density at radius 1 is 0.643 bits per heavy atom. The van der Waals surface area contributed by atoms with Gasteiger partial charge in [0.25, 0.3) is 23.6 Å². The lowest BCUT2D eigenvalue weighted by Crippen LogP contribution is -2.99. The highest BCUT2D eigenvalue weighted by atomic mass is 16.8. The second-order valence-corrected chi connectivity index (χ2v) is 10.3. The van der Waals surface area contributed by atoms with Crippen LogP contribution in [0.4, 0.5) is 11.4 Å². The second-order valence-electron chi connectivity index (χ2n) is 10.3. The minimum absolute atomic E-state index is 0.00665. The lowest BCUT2D eigenvalue weighted by atomic mass is 9.93. The molecule has 2 unspecified atom stereocenters. The molecule has 0 fully saturated rings. The van der Waals surface area contributed by atoms with E-state index in [1.807, 2.05) is 0 Å². The molecule has 2 atom stereocenters. The number of quaternary nitrogens is 2. The molecule has 0 aromatic heterocycles. The molecule has 2 aliphatic heterocycles. The van der Waals surface area contributed by atoms with Gasteiger partial charge < -0.3 is 15.3 Å². The maximum atomic E-state index is 13.3. The van der Waals surface area contributed by atoms with E-state index in [9.17, 15) is 40.0 Å². The smallest absolute Gasteiger partial charge is 0.261 e. The van der Waals surface area contributed by atoms with Gasteiger partial charge in [-0.1, -0.05) is 24.3 Å². The summed E-state index contributed by atoms with van der Waals surface area (Å²) in [6.45, 7) is 0.417. The van der Waals surface area contributed by atoms with Crippen LogP contribution in [0.3, 0.4) is 0 Å². The first-order valence-corrected chi connectivity index (χ1v) is 13.1. The van der Waals surface area contributed by atoms with Crippen molar-refractivity contribution in [1.82, 2.24) is 14.7 Å². The molecule has 0 spiro atoms. The molecule has 4 N–H and O–H groups in total. The summed E-state index contributed by atoms with van der Waals surface area (Å²) in [6.07, 6.45) is 0. The van der Waals surface area contributed by atoms with E-state index in [-0.39, 0.29) is 48.7 Å². The van der Waals surface area contributed by atoms with Crippen molar-refractivity contribution < 1.29 is 40.0 Å². The summed E-state index contributed by atoms with van der Waals surface area (Å²) in [5.74, 6) is -2.18. The van der Waals surface area contributed by atoms with Crippen molar-refractivity contribution in [3.05, 3.63) is 93.3 Å². The minimum Gasteiger partial charge on any atom is -0.595 e. The molecule has 214 valence electrons. The number of carbonyl (C=O) groups excluding carboxylic acids is 4. The summed E-state index contributed by atoms with van der Waals surface area (Å²) >= 11 is 0. The van der Waals surface area contributed by atoms with Gasteiger partial charge in [-0.2, -0.15) is 10.5 Å². The largest absolute Gasteiger partial charge is 0.595 e. The molecule has 13 nitrogen and oxygen atoms in total. The molecule has 0 saturated heterocycles. The zero-order chi connectivity index (χ0) is 29.9. The van der Waals surface area contributed by atoms with Crippen LogP contribution >= 0.6 is 0 Å². The highest BCUT2D eigenvalue weighted by Crippen LogP contribution is 2.33. The Morgan fingerprint density at radius 3 is 1.40 bits per heavy atom. The van der Waals surface area contributed by atoms with Crippen LogP contribution in [0.1, 0.15) is 41.4 Å². The summed E-state index contributed by atoms with van der Waals surface area (Å²) in [7, 11) is 1.71. The van der Waals surface area contributed by atoms with Crippen molar-refractivity contribution in [1.29, 1.82) is 0 Å².